The van der Waals surface area contributed by atoms with Crippen LogP contribution in [0.4, 0.5) is 13.2 Å². The lowest BCUT2D eigenvalue weighted by molar-refractivity contribution is -0.0510. The Bertz CT molecular complexity index is 836. The van der Waals surface area contributed by atoms with Gasteiger partial charge in [-0.05, 0) is 35.7 Å². The Labute approximate surface area is 141 Å². The summed E-state index contributed by atoms with van der Waals surface area (Å²) < 4.78 is 57.5. The first-order chi connectivity index (χ1) is 11.4. The molecule has 0 radical (unpaired) electrons. The number of carbonyl (C=O) groups excluding carboxylic acids is 1. The van der Waals surface area contributed by atoms with Crippen molar-refractivity contribution in [3.05, 3.63) is 65.2 Å². The third-order valence-corrected chi connectivity index (χ3v) is 3.47. The summed E-state index contributed by atoms with van der Waals surface area (Å²) >= 11 is 0. The Kier molecular flexibility index (Phi) is 6.54. The van der Waals surface area contributed by atoms with E-state index in [4.69, 9.17) is 18.7 Å². The highest BCUT2D eigenvalue weighted by Gasteiger charge is 2.44. The van der Waals surface area contributed by atoms with E-state index < -0.39 is 21.5 Å². The third-order valence-electron chi connectivity index (χ3n) is 2.88. The summed E-state index contributed by atoms with van der Waals surface area (Å²) in [5.41, 5.74) is 2.02. The second-order valence-corrected chi connectivity index (χ2v) is 6.20. The number of phenols is 1. The fourth-order valence-corrected chi connectivity index (χ4v) is 1.78. The zero-order valence-electron chi connectivity index (χ0n) is 12.6. The number of rotatable bonds is 3. The van der Waals surface area contributed by atoms with Crippen molar-refractivity contribution in [1.82, 2.24) is 0 Å². The first-order valence-corrected chi connectivity index (χ1v) is 8.05. The lowest BCUT2D eigenvalue weighted by atomic mass is 9.99. The molecule has 0 fully saturated rings. The fraction of sp³-hybridized carbons (Fsp3) is 0.133. The molecule has 2 aromatic rings. The predicted octanol–water partition coefficient (Wildman–Crippen LogP) is 2.48. The maximum atomic E-state index is 11.3. The summed E-state index contributed by atoms with van der Waals surface area (Å²) in [4.78, 5) is 11.3. The van der Waals surface area contributed by atoms with Crippen molar-refractivity contribution in [3.63, 3.8) is 0 Å². The van der Waals surface area contributed by atoms with Crippen LogP contribution in [-0.2, 0) is 16.5 Å². The average Bonchev–Trinajstić information content (AvgIpc) is 2.46. The van der Waals surface area contributed by atoms with E-state index in [0.717, 1.165) is 11.1 Å². The number of primary amides is 1. The van der Waals surface area contributed by atoms with Crippen molar-refractivity contribution in [2.24, 2.45) is 5.73 Å². The second-order valence-electron chi connectivity index (χ2n) is 4.79. The maximum absolute atomic E-state index is 11.3. The molecular formula is C15H14F3NO5S. The second kappa shape index (κ2) is 7.99. The van der Waals surface area contributed by atoms with Crippen LogP contribution in [0.25, 0.3) is 0 Å². The van der Waals surface area contributed by atoms with Gasteiger partial charge in [0.15, 0.2) is 0 Å². The molecule has 0 aliphatic rings. The van der Waals surface area contributed by atoms with Crippen molar-refractivity contribution in [3.8, 4) is 5.75 Å². The van der Waals surface area contributed by atoms with Crippen LogP contribution in [0.15, 0.2) is 48.5 Å². The standard InChI is InChI=1S/C14H13NO2.CHF3O3S/c15-14(17)13-7-6-12(16)9-11(13)8-10-4-2-1-3-5-10;2-1(3,4)8(5,6)7/h1-7,9,16H,8H2,(H2,15,17);(H,5,6,7). The third kappa shape index (κ3) is 6.43. The largest absolute Gasteiger partial charge is 0.522 e. The van der Waals surface area contributed by atoms with Crippen LogP contribution in [0.3, 0.4) is 0 Å². The summed E-state index contributed by atoms with van der Waals surface area (Å²) in [5, 5.41) is 9.45. The molecule has 0 saturated heterocycles. The molecule has 0 saturated carbocycles. The molecule has 10 heteroatoms. The molecule has 0 heterocycles. The summed E-state index contributed by atoms with van der Waals surface area (Å²) in [6.07, 6.45) is 0.577. The van der Waals surface area contributed by atoms with Crippen LogP contribution in [0.5, 0.6) is 5.75 Å². The van der Waals surface area contributed by atoms with E-state index >= 15 is 0 Å². The van der Waals surface area contributed by atoms with E-state index in [0.29, 0.717) is 12.0 Å². The van der Waals surface area contributed by atoms with Crippen LogP contribution < -0.4 is 5.73 Å². The molecular weight excluding hydrogens is 363 g/mol. The molecule has 2 aromatic carbocycles. The first kappa shape index (κ1) is 20.5. The van der Waals surface area contributed by atoms with Gasteiger partial charge in [-0.15, -0.1) is 0 Å². The average molecular weight is 377 g/mol. The van der Waals surface area contributed by atoms with E-state index in [-0.39, 0.29) is 5.75 Å². The van der Waals surface area contributed by atoms with Crippen molar-refractivity contribution in [1.29, 1.82) is 0 Å². The molecule has 0 spiro atoms. The van der Waals surface area contributed by atoms with Gasteiger partial charge in [-0.1, -0.05) is 30.3 Å². The topological polar surface area (TPSA) is 118 Å². The predicted molar refractivity (Wildman–Crippen MR) is 83.5 cm³/mol. The van der Waals surface area contributed by atoms with Crippen molar-refractivity contribution in [2.75, 3.05) is 0 Å². The normalized spacial score (nSPS) is 11.4. The lowest BCUT2D eigenvalue weighted by Crippen LogP contribution is -2.21. The number of hydrogen-bond donors (Lipinski definition) is 3. The van der Waals surface area contributed by atoms with Gasteiger partial charge < -0.3 is 10.8 Å². The van der Waals surface area contributed by atoms with Gasteiger partial charge in [0.2, 0.25) is 5.91 Å². The number of amides is 1. The van der Waals surface area contributed by atoms with Gasteiger partial charge in [0, 0.05) is 5.56 Å². The molecule has 0 bridgehead atoms. The van der Waals surface area contributed by atoms with Gasteiger partial charge in [0.25, 0.3) is 0 Å². The van der Waals surface area contributed by atoms with Gasteiger partial charge in [-0.3, -0.25) is 9.35 Å². The molecule has 4 N–H and O–H groups in total. The highest BCUT2D eigenvalue weighted by atomic mass is 32.2. The number of hydrogen-bond acceptors (Lipinski definition) is 4. The zero-order valence-corrected chi connectivity index (χ0v) is 13.4. The molecule has 2 rings (SSSR count). The van der Waals surface area contributed by atoms with E-state index in [2.05, 4.69) is 0 Å². The molecule has 0 aromatic heterocycles. The number of carbonyl (C=O) groups is 1. The molecule has 0 atom stereocenters. The molecule has 0 aliphatic heterocycles. The highest BCUT2D eigenvalue weighted by Crippen LogP contribution is 2.21. The highest BCUT2D eigenvalue weighted by molar-refractivity contribution is 7.86. The zero-order chi connectivity index (χ0) is 19.3. The molecule has 136 valence electrons. The number of phenolic OH excluding ortho intramolecular Hbond substituents is 1. The first-order valence-electron chi connectivity index (χ1n) is 6.61. The minimum atomic E-state index is -5.84. The van der Waals surface area contributed by atoms with Crippen LogP contribution in [0.1, 0.15) is 21.5 Å². The Balaban J connectivity index is 0.000000333. The smallest absolute Gasteiger partial charge is 0.508 e. The quantitative estimate of drug-likeness (QED) is 0.561. The van der Waals surface area contributed by atoms with E-state index in [1.807, 2.05) is 30.3 Å². The summed E-state index contributed by atoms with van der Waals surface area (Å²) in [5.74, 6) is -0.336. The van der Waals surface area contributed by atoms with E-state index in [9.17, 15) is 23.1 Å². The Morgan fingerprint density at radius 1 is 1.08 bits per heavy atom. The maximum Gasteiger partial charge on any atom is 0.522 e. The van der Waals surface area contributed by atoms with Crippen molar-refractivity contribution in [2.45, 2.75) is 11.9 Å². The SMILES string of the molecule is NC(=O)c1ccc(O)cc1Cc1ccccc1.O=S(=O)(O)C(F)(F)F. The molecule has 6 nitrogen and oxygen atoms in total. The van der Waals surface area contributed by atoms with E-state index in [1.54, 1.807) is 12.1 Å². The minimum Gasteiger partial charge on any atom is -0.508 e. The molecule has 25 heavy (non-hydrogen) atoms. The molecule has 0 aliphatic carbocycles. The van der Waals surface area contributed by atoms with Gasteiger partial charge in [-0.2, -0.15) is 21.6 Å². The van der Waals surface area contributed by atoms with E-state index in [1.165, 1.54) is 6.07 Å². The number of aromatic hydroxyl groups is 1. The summed E-state index contributed by atoms with van der Waals surface area (Å²) in [6.45, 7) is 0. The monoisotopic (exact) mass is 377 g/mol. The van der Waals surface area contributed by atoms with Gasteiger partial charge >= 0.3 is 15.6 Å². The Morgan fingerprint density at radius 3 is 2.04 bits per heavy atom. The summed E-state index contributed by atoms with van der Waals surface area (Å²) in [7, 11) is -5.84. The number of alkyl halides is 3. The van der Waals surface area contributed by atoms with Crippen LogP contribution >= 0.6 is 0 Å². The van der Waals surface area contributed by atoms with Crippen LogP contribution in [0, 0.1) is 0 Å². The van der Waals surface area contributed by atoms with Gasteiger partial charge in [0.05, 0.1) is 0 Å². The van der Waals surface area contributed by atoms with Crippen LogP contribution in [0.2, 0.25) is 0 Å². The van der Waals surface area contributed by atoms with Crippen LogP contribution in [-0.4, -0.2) is 29.5 Å². The number of benzene rings is 2. The van der Waals surface area contributed by atoms with Crippen molar-refractivity contribution < 1.29 is 36.0 Å². The fourth-order valence-electron chi connectivity index (χ4n) is 1.78. The van der Waals surface area contributed by atoms with Crippen molar-refractivity contribution >= 4 is 16.0 Å². The minimum absolute atomic E-state index is 0.140. The van der Waals surface area contributed by atoms with Gasteiger partial charge in [-0.25, -0.2) is 0 Å². The Hall–Kier alpha value is -2.59. The van der Waals surface area contributed by atoms with Gasteiger partial charge in [0.1, 0.15) is 5.75 Å². The Morgan fingerprint density at radius 2 is 1.60 bits per heavy atom. The molecule has 1 amide bonds. The number of halogens is 3. The molecule has 0 unspecified atom stereocenters. The summed E-state index contributed by atoms with van der Waals surface area (Å²) in [6, 6.07) is 14.3. The number of nitrogens with two attached hydrogens (primary N) is 1. The lowest BCUT2D eigenvalue weighted by Gasteiger charge is -2.07.